The van der Waals surface area contributed by atoms with Crippen LogP contribution in [-0.4, -0.2) is 37.4 Å². The Labute approximate surface area is 149 Å². The van der Waals surface area contributed by atoms with Crippen LogP contribution in [-0.2, 0) is 19.1 Å². The van der Waals surface area contributed by atoms with Crippen molar-refractivity contribution in [2.75, 3.05) is 13.2 Å². The molecule has 0 aromatic heterocycles. The lowest BCUT2D eigenvalue weighted by Gasteiger charge is -2.08. The number of hydrogen-bond donors (Lipinski definition) is 0. The first kappa shape index (κ1) is 20.4. The average Bonchev–Trinajstić information content (AvgIpc) is 2.61. The van der Waals surface area contributed by atoms with Gasteiger partial charge in [0.25, 0.3) is 0 Å². The number of esters is 2. The second-order valence-corrected chi connectivity index (χ2v) is 5.17. The first-order chi connectivity index (χ1) is 12.2. The van der Waals surface area contributed by atoms with E-state index in [0.717, 1.165) is 5.56 Å². The summed E-state index contributed by atoms with van der Waals surface area (Å²) in [7, 11) is 0. The molecular formula is C20H25NO4. The molecule has 0 bridgehead atoms. The molecule has 25 heavy (non-hydrogen) atoms. The molecule has 1 aromatic rings. The van der Waals surface area contributed by atoms with Gasteiger partial charge in [-0.3, -0.25) is 9.79 Å². The molecule has 5 nitrogen and oxygen atoms in total. The maximum atomic E-state index is 12.0. The summed E-state index contributed by atoms with van der Waals surface area (Å²) in [6.45, 7) is 4.24. The minimum atomic E-state index is -0.641. The molecule has 0 aliphatic heterocycles. The molecular weight excluding hydrogens is 318 g/mol. The van der Waals surface area contributed by atoms with Crippen LogP contribution in [0.5, 0.6) is 0 Å². The van der Waals surface area contributed by atoms with E-state index in [1.165, 1.54) is 0 Å². The van der Waals surface area contributed by atoms with Gasteiger partial charge < -0.3 is 9.47 Å². The van der Waals surface area contributed by atoms with Gasteiger partial charge in [-0.2, -0.15) is 0 Å². The predicted octanol–water partition coefficient (Wildman–Crippen LogP) is 3.16. The van der Waals surface area contributed by atoms with Crippen LogP contribution in [0.1, 0.15) is 45.1 Å². The number of ether oxygens (including phenoxy) is 2. The van der Waals surface area contributed by atoms with Crippen LogP contribution < -0.4 is 0 Å². The zero-order valence-corrected chi connectivity index (χ0v) is 14.9. The van der Waals surface area contributed by atoms with Crippen LogP contribution in [0.3, 0.4) is 0 Å². The van der Waals surface area contributed by atoms with Gasteiger partial charge in [0, 0.05) is 25.5 Å². The van der Waals surface area contributed by atoms with Crippen molar-refractivity contribution < 1.29 is 19.1 Å². The SMILES string of the molecule is CCOC(=O)CCCC#CCC(/N=C/c1ccccc1)C(=O)OCC. The summed E-state index contributed by atoms with van der Waals surface area (Å²) in [5.74, 6) is 5.33. The van der Waals surface area contributed by atoms with Gasteiger partial charge in [-0.05, 0) is 25.8 Å². The molecule has 0 amide bonds. The van der Waals surface area contributed by atoms with E-state index in [1.54, 1.807) is 20.1 Å². The molecule has 0 spiro atoms. The third-order valence-corrected chi connectivity index (χ3v) is 3.17. The van der Waals surface area contributed by atoms with Crippen molar-refractivity contribution in [3.8, 4) is 11.8 Å². The summed E-state index contributed by atoms with van der Waals surface area (Å²) in [5, 5.41) is 0. The standard InChI is InChI=1S/C20H25NO4/c1-3-24-19(22)15-11-6-5-10-14-18(20(23)25-4-2)21-16-17-12-8-7-9-13-17/h7-9,12-13,16,18H,3-4,6,11,14-15H2,1-2H3/b21-16+. The predicted molar refractivity (Wildman–Crippen MR) is 97.3 cm³/mol. The monoisotopic (exact) mass is 343 g/mol. The average molecular weight is 343 g/mol. The molecule has 1 rings (SSSR count). The molecule has 1 atom stereocenters. The fourth-order valence-electron chi connectivity index (χ4n) is 1.96. The van der Waals surface area contributed by atoms with E-state index in [4.69, 9.17) is 9.47 Å². The minimum absolute atomic E-state index is 0.207. The Morgan fingerprint density at radius 1 is 1.12 bits per heavy atom. The van der Waals surface area contributed by atoms with Crippen molar-refractivity contribution in [1.82, 2.24) is 0 Å². The van der Waals surface area contributed by atoms with Crippen LogP contribution in [0, 0.1) is 11.8 Å². The summed E-state index contributed by atoms with van der Waals surface area (Å²) in [4.78, 5) is 27.5. The molecule has 0 fully saturated rings. The highest BCUT2D eigenvalue weighted by Crippen LogP contribution is 2.03. The summed E-state index contributed by atoms with van der Waals surface area (Å²) in [6.07, 6.45) is 3.53. The van der Waals surface area contributed by atoms with Crippen LogP contribution in [0.15, 0.2) is 35.3 Å². The summed E-state index contributed by atoms with van der Waals surface area (Å²) >= 11 is 0. The van der Waals surface area contributed by atoms with Gasteiger partial charge in [-0.15, -0.1) is 11.8 Å². The van der Waals surface area contributed by atoms with Gasteiger partial charge in [0.1, 0.15) is 0 Å². The third kappa shape index (κ3) is 9.31. The maximum absolute atomic E-state index is 12.0. The normalized spacial score (nSPS) is 11.4. The van der Waals surface area contributed by atoms with Crippen molar-refractivity contribution in [2.24, 2.45) is 4.99 Å². The lowest BCUT2D eigenvalue weighted by molar-refractivity contribution is -0.144. The Hall–Kier alpha value is -2.61. The topological polar surface area (TPSA) is 65.0 Å². The van der Waals surface area contributed by atoms with Gasteiger partial charge in [0.15, 0.2) is 6.04 Å². The van der Waals surface area contributed by atoms with Crippen molar-refractivity contribution in [2.45, 2.75) is 45.6 Å². The molecule has 0 saturated carbocycles. The highest BCUT2D eigenvalue weighted by molar-refractivity contribution is 5.84. The number of rotatable bonds is 9. The summed E-state index contributed by atoms with van der Waals surface area (Å²) in [5.41, 5.74) is 0.916. The quantitative estimate of drug-likeness (QED) is 0.299. The molecule has 0 radical (unpaired) electrons. The van der Waals surface area contributed by atoms with E-state index < -0.39 is 6.04 Å². The zero-order valence-electron chi connectivity index (χ0n) is 14.9. The molecule has 0 aliphatic rings. The van der Waals surface area contributed by atoms with E-state index in [9.17, 15) is 9.59 Å². The Bertz CT molecular complexity index is 614. The lowest BCUT2D eigenvalue weighted by atomic mass is 10.2. The number of aliphatic imine (C=N–C) groups is 1. The van der Waals surface area contributed by atoms with Crippen molar-refractivity contribution in [1.29, 1.82) is 0 Å². The van der Waals surface area contributed by atoms with Crippen LogP contribution in [0.4, 0.5) is 0 Å². The van der Waals surface area contributed by atoms with Crippen LogP contribution in [0.2, 0.25) is 0 Å². The molecule has 0 N–H and O–H groups in total. The Kier molecular flexibility index (Phi) is 10.4. The lowest BCUT2D eigenvalue weighted by Crippen LogP contribution is -2.21. The van der Waals surface area contributed by atoms with Crippen molar-refractivity contribution >= 4 is 18.2 Å². The molecule has 0 saturated heterocycles. The first-order valence-corrected chi connectivity index (χ1v) is 8.53. The van der Waals surface area contributed by atoms with Crippen LogP contribution in [0.25, 0.3) is 0 Å². The number of nitrogens with zero attached hydrogens (tertiary/aromatic N) is 1. The summed E-state index contributed by atoms with van der Waals surface area (Å²) in [6, 6.07) is 8.91. The van der Waals surface area contributed by atoms with Gasteiger partial charge in [0.2, 0.25) is 0 Å². The molecule has 0 heterocycles. The molecule has 1 unspecified atom stereocenters. The number of carbonyl (C=O) groups excluding carboxylic acids is 2. The van der Waals surface area contributed by atoms with Gasteiger partial charge in [0.05, 0.1) is 13.2 Å². The number of unbranched alkanes of at least 4 members (excludes halogenated alkanes) is 1. The van der Waals surface area contributed by atoms with Crippen LogP contribution >= 0.6 is 0 Å². The largest absolute Gasteiger partial charge is 0.466 e. The number of benzene rings is 1. The van der Waals surface area contributed by atoms with E-state index in [0.29, 0.717) is 38.9 Å². The van der Waals surface area contributed by atoms with Crippen molar-refractivity contribution in [3.05, 3.63) is 35.9 Å². The Morgan fingerprint density at radius 3 is 2.52 bits per heavy atom. The van der Waals surface area contributed by atoms with E-state index in [-0.39, 0.29) is 11.9 Å². The van der Waals surface area contributed by atoms with Crippen molar-refractivity contribution in [3.63, 3.8) is 0 Å². The summed E-state index contributed by atoms with van der Waals surface area (Å²) < 4.78 is 9.90. The smallest absolute Gasteiger partial charge is 0.331 e. The zero-order chi connectivity index (χ0) is 18.3. The molecule has 5 heteroatoms. The number of carbonyl (C=O) groups is 2. The molecule has 134 valence electrons. The minimum Gasteiger partial charge on any atom is -0.466 e. The van der Waals surface area contributed by atoms with Gasteiger partial charge >= 0.3 is 11.9 Å². The Morgan fingerprint density at radius 2 is 1.84 bits per heavy atom. The molecule has 1 aromatic carbocycles. The van der Waals surface area contributed by atoms with E-state index >= 15 is 0 Å². The van der Waals surface area contributed by atoms with Gasteiger partial charge in [-0.1, -0.05) is 30.3 Å². The van der Waals surface area contributed by atoms with E-state index in [2.05, 4.69) is 16.8 Å². The Balaban J connectivity index is 2.52. The van der Waals surface area contributed by atoms with Gasteiger partial charge in [-0.25, -0.2) is 4.79 Å². The second kappa shape index (κ2) is 12.8. The first-order valence-electron chi connectivity index (χ1n) is 8.53. The van der Waals surface area contributed by atoms with E-state index in [1.807, 2.05) is 30.3 Å². The molecule has 0 aliphatic carbocycles. The highest BCUT2D eigenvalue weighted by Gasteiger charge is 2.16. The highest BCUT2D eigenvalue weighted by atomic mass is 16.5. The third-order valence-electron chi connectivity index (χ3n) is 3.17. The fourth-order valence-corrected chi connectivity index (χ4v) is 1.96. The second-order valence-electron chi connectivity index (χ2n) is 5.17. The maximum Gasteiger partial charge on any atom is 0.331 e. The number of hydrogen-bond acceptors (Lipinski definition) is 5. The fraction of sp³-hybridized carbons (Fsp3) is 0.450.